The highest BCUT2D eigenvalue weighted by molar-refractivity contribution is 4.91. The van der Waals surface area contributed by atoms with Crippen molar-refractivity contribution in [3.8, 4) is 0 Å². The number of aliphatic hydroxyl groups is 1. The molecule has 1 aliphatic heterocycles. The molecule has 1 saturated carbocycles. The molecular formula is C10H18O2. The molecule has 1 aliphatic carbocycles. The highest BCUT2D eigenvalue weighted by Crippen LogP contribution is 2.43. The Morgan fingerprint density at radius 1 is 1.50 bits per heavy atom. The molecule has 4 atom stereocenters. The van der Waals surface area contributed by atoms with Crippen molar-refractivity contribution in [2.75, 3.05) is 13.2 Å². The molecule has 2 heteroatoms. The van der Waals surface area contributed by atoms with E-state index in [1.807, 2.05) is 0 Å². The Balaban J connectivity index is 1.82. The SMILES string of the molecule is CC1CC1C(O)C1CCCOC1. The minimum atomic E-state index is -0.0831. The molecule has 2 fully saturated rings. The Morgan fingerprint density at radius 3 is 2.75 bits per heavy atom. The minimum Gasteiger partial charge on any atom is -0.392 e. The number of aliphatic hydroxyl groups excluding tert-OH is 1. The molecule has 1 heterocycles. The van der Waals surface area contributed by atoms with Crippen molar-refractivity contribution < 1.29 is 9.84 Å². The van der Waals surface area contributed by atoms with E-state index in [0.717, 1.165) is 32.0 Å². The largest absolute Gasteiger partial charge is 0.392 e. The molecule has 2 aliphatic rings. The van der Waals surface area contributed by atoms with Gasteiger partial charge in [-0.2, -0.15) is 0 Å². The van der Waals surface area contributed by atoms with Crippen LogP contribution in [-0.2, 0) is 4.74 Å². The fraction of sp³-hybridized carbons (Fsp3) is 1.00. The van der Waals surface area contributed by atoms with Crippen LogP contribution in [0.3, 0.4) is 0 Å². The highest BCUT2D eigenvalue weighted by Gasteiger charge is 2.42. The first-order valence-electron chi connectivity index (χ1n) is 5.05. The summed E-state index contributed by atoms with van der Waals surface area (Å²) in [6, 6.07) is 0. The molecule has 12 heavy (non-hydrogen) atoms. The van der Waals surface area contributed by atoms with Crippen LogP contribution in [0.25, 0.3) is 0 Å². The van der Waals surface area contributed by atoms with E-state index in [1.165, 1.54) is 6.42 Å². The van der Waals surface area contributed by atoms with Gasteiger partial charge in [0.25, 0.3) is 0 Å². The second-order valence-electron chi connectivity index (χ2n) is 4.34. The predicted molar refractivity (Wildman–Crippen MR) is 46.8 cm³/mol. The Hall–Kier alpha value is -0.0800. The average molecular weight is 170 g/mol. The van der Waals surface area contributed by atoms with Crippen molar-refractivity contribution in [2.45, 2.75) is 32.3 Å². The Labute approximate surface area is 73.9 Å². The molecule has 0 radical (unpaired) electrons. The first kappa shape index (κ1) is 8.52. The van der Waals surface area contributed by atoms with Crippen molar-refractivity contribution in [3.63, 3.8) is 0 Å². The molecule has 0 aromatic carbocycles. The zero-order chi connectivity index (χ0) is 8.55. The van der Waals surface area contributed by atoms with Gasteiger partial charge in [-0.15, -0.1) is 0 Å². The van der Waals surface area contributed by atoms with Crippen LogP contribution in [0.5, 0.6) is 0 Å². The van der Waals surface area contributed by atoms with Crippen LogP contribution in [0.4, 0.5) is 0 Å². The number of ether oxygens (including phenoxy) is 1. The van der Waals surface area contributed by atoms with Gasteiger partial charge in [0, 0.05) is 12.5 Å². The minimum absolute atomic E-state index is 0.0831. The van der Waals surface area contributed by atoms with Crippen LogP contribution in [0.1, 0.15) is 26.2 Å². The summed E-state index contributed by atoms with van der Waals surface area (Å²) in [4.78, 5) is 0. The third kappa shape index (κ3) is 1.64. The van der Waals surface area contributed by atoms with Gasteiger partial charge < -0.3 is 9.84 Å². The van der Waals surface area contributed by atoms with E-state index in [-0.39, 0.29) is 6.10 Å². The average Bonchev–Trinajstić information content (AvgIpc) is 2.83. The van der Waals surface area contributed by atoms with Gasteiger partial charge in [0.2, 0.25) is 0 Å². The Morgan fingerprint density at radius 2 is 2.25 bits per heavy atom. The van der Waals surface area contributed by atoms with Crippen molar-refractivity contribution in [2.24, 2.45) is 17.8 Å². The van der Waals surface area contributed by atoms with E-state index < -0.39 is 0 Å². The molecule has 1 saturated heterocycles. The molecular weight excluding hydrogens is 152 g/mol. The summed E-state index contributed by atoms with van der Waals surface area (Å²) in [5.74, 6) is 1.76. The summed E-state index contributed by atoms with van der Waals surface area (Å²) in [6.07, 6.45) is 3.42. The van der Waals surface area contributed by atoms with Crippen LogP contribution in [0.2, 0.25) is 0 Å². The molecule has 1 N–H and O–H groups in total. The monoisotopic (exact) mass is 170 g/mol. The lowest BCUT2D eigenvalue weighted by Gasteiger charge is -2.26. The molecule has 2 rings (SSSR count). The van der Waals surface area contributed by atoms with E-state index >= 15 is 0 Å². The van der Waals surface area contributed by atoms with Gasteiger partial charge in [-0.3, -0.25) is 0 Å². The number of hydrogen-bond acceptors (Lipinski definition) is 2. The van der Waals surface area contributed by atoms with Gasteiger partial charge in [0.05, 0.1) is 12.7 Å². The Kier molecular flexibility index (Phi) is 2.37. The van der Waals surface area contributed by atoms with Crippen LogP contribution < -0.4 is 0 Å². The van der Waals surface area contributed by atoms with Crippen molar-refractivity contribution in [3.05, 3.63) is 0 Å². The molecule has 0 spiro atoms. The maximum absolute atomic E-state index is 9.90. The number of rotatable bonds is 2. The van der Waals surface area contributed by atoms with Gasteiger partial charge in [-0.1, -0.05) is 6.92 Å². The molecule has 0 bridgehead atoms. The van der Waals surface area contributed by atoms with E-state index in [1.54, 1.807) is 0 Å². The zero-order valence-corrected chi connectivity index (χ0v) is 7.70. The van der Waals surface area contributed by atoms with E-state index in [4.69, 9.17) is 4.74 Å². The van der Waals surface area contributed by atoms with Crippen LogP contribution in [-0.4, -0.2) is 24.4 Å². The highest BCUT2D eigenvalue weighted by atomic mass is 16.5. The summed E-state index contributed by atoms with van der Waals surface area (Å²) in [7, 11) is 0. The third-order valence-electron chi connectivity index (χ3n) is 3.29. The topological polar surface area (TPSA) is 29.5 Å². The van der Waals surface area contributed by atoms with Crippen molar-refractivity contribution >= 4 is 0 Å². The second-order valence-corrected chi connectivity index (χ2v) is 4.34. The second kappa shape index (κ2) is 3.35. The fourth-order valence-electron chi connectivity index (χ4n) is 2.21. The van der Waals surface area contributed by atoms with Gasteiger partial charge in [-0.25, -0.2) is 0 Å². The molecule has 4 unspecified atom stereocenters. The standard InChI is InChI=1S/C10H18O2/c1-7-5-9(7)10(11)8-3-2-4-12-6-8/h7-11H,2-6H2,1H3. The van der Waals surface area contributed by atoms with E-state index in [9.17, 15) is 5.11 Å². The lowest BCUT2D eigenvalue weighted by atomic mass is 9.92. The van der Waals surface area contributed by atoms with Crippen LogP contribution in [0, 0.1) is 17.8 Å². The first-order valence-corrected chi connectivity index (χ1v) is 5.05. The molecule has 70 valence electrons. The maximum atomic E-state index is 9.90. The summed E-state index contributed by atoms with van der Waals surface area (Å²) in [6.45, 7) is 3.89. The van der Waals surface area contributed by atoms with Crippen LogP contribution >= 0.6 is 0 Å². The predicted octanol–water partition coefficient (Wildman–Crippen LogP) is 1.43. The molecule has 0 aromatic heterocycles. The summed E-state index contributed by atoms with van der Waals surface area (Å²) >= 11 is 0. The fourth-order valence-corrected chi connectivity index (χ4v) is 2.21. The summed E-state index contributed by atoms with van der Waals surface area (Å²) in [5.41, 5.74) is 0. The van der Waals surface area contributed by atoms with Crippen molar-refractivity contribution in [1.82, 2.24) is 0 Å². The molecule has 2 nitrogen and oxygen atoms in total. The molecule has 0 aromatic rings. The summed E-state index contributed by atoms with van der Waals surface area (Å²) in [5, 5.41) is 9.90. The molecule has 0 amide bonds. The van der Waals surface area contributed by atoms with Gasteiger partial charge >= 0.3 is 0 Å². The number of hydrogen-bond donors (Lipinski definition) is 1. The lowest BCUT2D eigenvalue weighted by Crippen LogP contribution is -2.30. The van der Waals surface area contributed by atoms with Gasteiger partial charge in [0.15, 0.2) is 0 Å². The first-order chi connectivity index (χ1) is 5.79. The van der Waals surface area contributed by atoms with Crippen LogP contribution in [0.15, 0.2) is 0 Å². The van der Waals surface area contributed by atoms with Gasteiger partial charge in [0.1, 0.15) is 0 Å². The Bertz CT molecular complexity index is 152. The van der Waals surface area contributed by atoms with E-state index in [2.05, 4.69) is 6.92 Å². The quantitative estimate of drug-likeness (QED) is 0.679. The normalized spacial score (nSPS) is 44.0. The maximum Gasteiger partial charge on any atom is 0.0621 e. The van der Waals surface area contributed by atoms with Gasteiger partial charge in [-0.05, 0) is 31.1 Å². The smallest absolute Gasteiger partial charge is 0.0621 e. The third-order valence-corrected chi connectivity index (χ3v) is 3.29. The lowest BCUT2D eigenvalue weighted by molar-refractivity contribution is -0.0190. The summed E-state index contributed by atoms with van der Waals surface area (Å²) < 4.78 is 5.36. The van der Waals surface area contributed by atoms with Crippen molar-refractivity contribution in [1.29, 1.82) is 0 Å². The van der Waals surface area contributed by atoms with E-state index in [0.29, 0.717) is 11.8 Å². The zero-order valence-electron chi connectivity index (χ0n) is 7.70.